The molecule has 0 saturated carbocycles. The summed E-state index contributed by atoms with van der Waals surface area (Å²) in [6.07, 6.45) is 1.82. The molecule has 2 aromatic rings. The van der Waals surface area contributed by atoms with Crippen LogP contribution in [0.5, 0.6) is 0 Å². The lowest BCUT2D eigenvalue weighted by molar-refractivity contribution is 0.552. The molecule has 0 saturated heterocycles. The molecule has 0 heterocycles. The number of anilines is 2. The first-order chi connectivity index (χ1) is 10.9. The van der Waals surface area contributed by atoms with Crippen molar-refractivity contribution in [1.29, 1.82) is 0 Å². The van der Waals surface area contributed by atoms with Crippen LogP contribution < -0.4 is 5.32 Å². The Labute approximate surface area is 147 Å². The van der Waals surface area contributed by atoms with E-state index in [9.17, 15) is 0 Å². The third kappa shape index (κ3) is 4.63. The second kappa shape index (κ2) is 7.71. The molecular weight excluding hydrogens is 329 g/mol. The number of nitrogens with zero attached hydrogens (tertiary/aromatic N) is 2. The van der Waals surface area contributed by atoms with E-state index < -0.39 is 0 Å². The van der Waals surface area contributed by atoms with Crippen molar-refractivity contribution in [1.82, 2.24) is 4.90 Å². The normalized spacial score (nSPS) is 11.0. The standard InChI is InChI=1S/C18H21Cl2N3/c1-5-23(4)11-21-15-9-13(3)18(20)17(10-15)22-14-6-7-16(19)12(2)8-14/h6-11,22H,5H2,1-4H3. The summed E-state index contributed by atoms with van der Waals surface area (Å²) in [5.41, 5.74) is 4.64. The second-order valence-electron chi connectivity index (χ2n) is 5.53. The molecule has 0 aliphatic carbocycles. The van der Waals surface area contributed by atoms with Gasteiger partial charge >= 0.3 is 0 Å². The first-order valence-electron chi connectivity index (χ1n) is 7.48. The highest BCUT2D eigenvalue weighted by atomic mass is 35.5. The van der Waals surface area contributed by atoms with Crippen molar-refractivity contribution in [3.05, 3.63) is 51.5 Å². The Hall–Kier alpha value is -1.71. The highest BCUT2D eigenvalue weighted by molar-refractivity contribution is 6.34. The van der Waals surface area contributed by atoms with Crippen LogP contribution in [0.4, 0.5) is 17.1 Å². The van der Waals surface area contributed by atoms with E-state index in [2.05, 4.69) is 17.2 Å². The SMILES string of the molecule is CCN(C)C=Nc1cc(C)c(Cl)c(Nc2ccc(Cl)c(C)c2)c1. The fourth-order valence-electron chi connectivity index (χ4n) is 2.04. The number of hydrogen-bond donors (Lipinski definition) is 1. The summed E-state index contributed by atoms with van der Waals surface area (Å²) in [5.74, 6) is 0. The highest BCUT2D eigenvalue weighted by Gasteiger charge is 2.07. The van der Waals surface area contributed by atoms with E-state index >= 15 is 0 Å². The number of benzene rings is 2. The third-order valence-electron chi connectivity index (χ3n) is 3.58. The predicted molar refractivity (Wildman–Crippen MR) is 102 cm³/mol. The molecule has 0 radical (unpaired) electrons. The minimum atomic E-state index is 0.695. The average molecular weight is 350 g/mol. The van der Waals surface area contributed by atoms with Crippen molar-refractivity contribution in [2.24, 2.45) is 4.99 Å². The molecule has 23 heavy (non-hydrogen) atoms. The molecule has 0 aliphatic rings. The van der Waals surface area contributed by atoms with Gasteiger partial charge in [0.2, 0.25) is 0 Å². The Morgan fingerprint density at radius 1 is 1.13 bits per heavy atom. The zero-order valence-corrected chi connectivity index (χ0v) is 15.3. The van der Waals surface area contributed by atoms with E-state index in [1.165, 1.54) is 0 Å². The lowest BCUT2D eigenvalue weighted by atomic mass is 10.1. The number of aryl methyl sites for hydroxylation is 2. The topological polar surface area (TPSA) is 27.6 Å². The largest absolute Gasteiger partial charge is 0.366 e. The summed E-state index contributed by atoms with van der Waals surface area (Å²) in [5, 5.41) is 4.79. The van der Waals surface area contributed by atoms with Gasteiger partial charge in [-0.15, -0.1) is 0 Å². The van der Waals surface area contributed by atoms with Gasteiger partial charge < -0.3 is 10.2 Å². The lowest BCUT2D eigenvalue weighted by Crippen LogP contribution is -2.14. The molecule has 2 rings (SSSR count). The van der Waals surface area contributed by atoms with Gasteiger partial charge in [0.25, 0.3) is 0 Å². The van der Waals surface area contributed by atoms with Crippen LogP contribution in [0.25, 0.3) is 0 Å². The lowest BCUT2D eigenvalue weighted by Gasteiger charge is -2.13. The van der Waals surface area contributed by atoms with Crippen molar-refractivity contribution < 1.29 is 0 Å². The van der Waals surface area contributed by atoms with Crippen LogP contribution in [-0.4, -0.2) is 24.8 Å². The quantitative estimate of drug-likeness (QED) is 0.532. The molecule has 0 spiro atoms. The highest BCUT2D eigenvalue weighted by Crippen LogP contribution is 2.33. The predicted octanol–water partition coefficient (Wildman–Crippen LogP) is 5.97. The van der Waals surface area contributed by atoms with Gasteiger partial charge in [-0.25, -0.2) is 4.99 Å². The van der Waals surface area contributed by atoms with Crippen molar-refractivity contribution >= 4 is 46.6 Å². The molecule has 0 amide bonds. The minimum Gasteiger partial charge on any atom is -0.366 e. The molecule has 1 N–H and O–H groups in total. The number of hydrogen-bond acceptors (Lipinski definition) is 2. The molecule has 0 aliphatic heterocycles. The van der Waals surface area contributed by atoms with E-state index in [1.54, 1.807) is 0 Å². The van der Waals surface area contributed by atoms with Crippen molar-refractivity contribution in [2.45, 2.75) is 20.8 Å². The Kier molecular flexibility index (Phi) is 5.91. The second-order valence-corrected chi connectivity index (χ2v) is 6.32. The number of nitrogens with one attached hydrogen (secondary N) is 1. The fourth-order valence-corrected chi connectivity index (χ4v) is 2.31. The first-order valence-corrected chi connectivity index (χ1v) is 8.24. The monoisotopic (exact) mass is 349 g/mol. The molecule has 3 nitrogen and oxygen atoms in total. The molecule has 5 heteroatoms. The maximum atomic E-state index is 6.43. The summed E-state index contributed by atoms with van der Waals surface area (Å²) >= 11 is 12.5. The molecule has 2 aromatic carbocycles. The van der Waals surface area contributed by atoms with Crippen LogP contribution in [-0.2, 0) is 0 Å². The fraction of sp³-hybridized carbons (Fsp3) is 0.278. The van der Waals surface area contributed by atoms with Gasteiger partial charge in [-0.3, -0.25) is 0 Å². The molecule has 0 unspecified atom stereocenters. The molecular formula is C18H21Cl2N3. The van der Waals surface area contributed by atoms with Gasteiger partial charge in [-0.1, -0.05) is 23.2 Å². The summed E-state index contributed by atoms with van der Waals surface area (Å²) in [6, 6.07) is 9.72. The third-order valence-corrected chi connectivity index (χ3v) is 4.50. The maximum absolute atomic E-state index is 6.43. The zero-order valence-electron chi connectivity index (χ0n) is 13.8. The van der Waals surface area contributed by atoms with E-state index in [0.29, 0.717) is 5.02 Å². The summed E-state index contributed by atoms with van der Waals surface area (Å²) in [4.78, 5) is 6.51. The summed E-state index contributed by atoms with van der Waals surface area (Å²) < 4.78 is 0. The van der Waals surface area contributed by atoms with Gasteiger partial charge in [-0.2, -0.15) is 0 Å². The van der Waals surface area contributed by atoms with E-state index in [-0.39, 0.29) is 0 Å². The van der Waals surface area contributed by atoms with Gasteiger partial charge in [0.1, 0.15) is 0 Å². The molecule has 0 atom stereocenters. The maximum Gasteiger partial charge on any atom is 0.0909 e. The Bertz CT molecular complexity index is 726. The Morgan fingerprint density at radius 3 is 2.52 bits per heavy atom. The average Bonchev–Trinajstić information content (AvgIpc) is 2.53. The minimum absolute atomic E-state index is 0.695. The summed E-state index contributed by atoms with van der Waals surface area (Å²) in [7, 11) is 1.99. The zero-order chi connectivity index (χ0) is 17.0. The van der Waals surface area contributed by atoms with Crippen molar-refractivity contribution in [3.63, 3.8) is 0 Å². The number of aliphatic imine (C=N–C) groups is 1. The van der Waals surface area contributed by atoms with Crippen LogP contribution in [0.2, 0.25) is 10.0 Å². The molecule has 0 bridgehead atoms. The van der Waals surface area contributed by atoms with Crippen LogP contribution in [0.1, 0.15) is 18.1 Å². The van der Waals surface area contributed by atoms with Gasteiger partial charge in [0, 0.05) is 24.3 Å². The van der Waals surface area contributed by atoms with Crippen LogP contribution in [0.15, 0.2) is 35.3 Å². The van der Waals surface area contributed by atoms with Crippen molar-refractivity contribution in [2.75, 3.05) is 18.9 Å². The smallest absolute Gasteiger partial charge is 0.0909 e. The van der Waals surface area contributed by atoms with E-state index in [4.69, 9.17) is 23.2 Å². The van der Waals surface area contributed by atoms with E-state index in [0.717, 1.165) is 39.8 Å². The summed E-state index contributed by atoms with van der Waals surface area (Å²) in [6.45, 7) is 6.94. The van der Waals surface area contributed by atoms with Crippen LogP contribution >= 0.6 is 23.2 Å². The van der Waals surface area contributed by atoms with Gasteiger partial charge in [0.05, 0.1) is 22.7 Å². The van der Waals surface area contributed by atoms with Gasteiger partial charge in [-0.05, 0) is 62.2 Å². The number of halogens is 2. The van der Waals surface area contributed by atoms with Crippen LogP contribution in [0, 0.1) is 13.8 Å². The Morgan fingerprint density at radius 2 is 1.87 bits per heavy atom. The van der Waals surface area contributed by atoms with Crippen molar-refractivity contribution in [3.8, 4) is 0 Å². The molecule has 122 valence electrons. The van der Waals surface area contributed by atoms with Gasteiger partial charge in [0.15, 0.2) is 0 Å². The Balaban J connectivity index is 2.31. The number of rotatable bonds is 5. The first kappa shape index (κ1) is 17.6. The molecule has 0 aromatic heterocycles. The molecule has 0 fully saturated rings. The van der Waals surface area contributed by atoms with E-state index in [1.807, 2.05) is 62.5 Å². The van der Waals surface area contributed by atoms with Crippen LogP contribution in [0.3, 0.4) is 0 Å².